The Balaban J connectivity index is 1.56. The molecule has 3 rings (SSSR count). The molecule has 2 heterocycles. The van der Waals surface area contributed by atoms with Crippen molar-refractivity contribution in [3.63, 3.8) is 0 Å². The second kappa shape index (κ2) is 7.11. The number of aromatic nitrogens is 1. The van der Waals surface area contributed by atoms with Crippen LogP contribution in [0.15, 0.2) is 69.9 Å². The molecule has 0 aliphatic rings. The summed E-state index contributed by atoms with van der Waals surface area (Å²) in [6.45, 7) is 0.654. The summed E-state index contributed by atoms with van der Waals surface area (Å²) in [6, 6.07) is 14.7. The number of carbonyl (C=O) groups is 1. The highest BCUT2D eigenvalue weighted by Crippen LogP contribution is 2.14. The maximum Gasteiger partial charge on any atom is 0.291 e. The molecule has 0 spiro atoms. The minimum atomic E-state index is -0.264. The first-order valence-corrected chi connectivity index (χ1v) is 7.79. The molecule has 0 aliphatic heterocycles. The van der Waals surface area contributed by atoms with Gasteiger partial charge >= 0.3 is 0 Å². The van der Waals surface area contributed by atoms with E-state index in [1.165, 1.54) is 6.26 Å². The molecule has 0 bridgehead atoms. The number of carbonyl (C=O) groups excluding carboxylic acids is 1. The Morgan fingerprint density at radius 2 is 1.96 bits per heavy atom. The van der Waals surface area contributed by atoms with Gasteiger partial charge in [-0.05, 0) is 57.9 Å². The minimum absolute atomic E-state index is 0.264. The van der Waals surface area contributed by atoms with Crippen molar-refractivity contribution in [1.29, 1.82) is 0 Å². The Hall–Kier alpha value is -2.60. The molecule has 0 unspecified atom stereocenters. The van der Waals surface area contributed by atoms with Crippen LogP contribution in [-0.2, 0) is 6.54 Å². The van der Waals surface area contributed by atoms with Crippen LogP contribution >= 0.6 is 15.9 Å². The molecule has 2 N–H and O–H groups in total. The Morgan fingerprint density at radius 3 is 2.61 bits per heavy atom. The number of pyridine rings is 1. The van der Waals surface area contributed by atoms with Crippen LogP contribution in [0.25, 0.3) is 0 Å². The van der Waals surface area contributed by atoms with Crippen molar-refractivity contribution in [2.75, 3.05) is 10.6 Å². The smallest absolute Gasteiger partial charge is 0.291 e. The Morgan fingerprint density at radius 1 is 1.13 bits per heavy atom. The monoisotopic (exact) mass is 371 g/mol. The standard InChI is InChI=1S/C17H14BrN3O2/c18-13-5-8-16(20-11-13)19-10-12-3-6-14(7-4-12)21-17(22)15-2-1-9-23-15/h1-9,11H,10H2,(H,19,20)(H,21,22). The van der Waals surface area contributed by atoms with Gasteiger partial charge in [0, 0.05) is 22.9 Å². The van der Waals surface area contributed by atoms with Gasteiger partial charge in [0.15, 0.2) is 5.76 Å². The molecule has 5 nitrogen and oxygen atoms in total. The van der Waals surface area contributed by atoms with Crippen molar-refractivity contribution in [3.8, 4) is 0 Å². The molecule has 0 fully saturated rings. The number of amides is 1. The van der Waals surface area contributed by atoms with Gasteiger partial charge in [0.1, 0.15) is 5.82 Å². The number of hydrogen-bond acceptors (Lipinski definition) is 4. The van der Waals surface area contributed by atoms with E-state index in [0.717, 1.165) is 21.5 Å². The lowest BCUT2D eigenvalue weighted by atomic mass is 10.2. The Labute approximate surface area is 141 Å². The third kappa shape index (κ3) is 4.20. The zero-order valence-corrected chi connectivity index (χ0v) is 13.7. The lowest BCUT2D eigenvalue weighted by Crippen LogP contribution is -2.10. The van der Waals surface area contributed by atoms with Crippen LogP contribution in [0.1, 0.15) is 16.1 Å². The van der Waals surface area contributed by atoms with E-state index in [0.29, 0.717) is 6.54 Å². The first-order valence-electron chi connectivity index (χ1n) is 7.00. The number of rotatable bonds is 5. The zero-order chi connectivity index (χ0) is 16.1. The van der Waals surface area contributed by atoms with E-state index in [1.54, 1.807) is 18.3 Å². The summed E-state index contributed by atoms with van der Waals surface area (Å²) in [5, 5.41) is 6.02. The van der Waals surface area contributed by atoms with Crippen molar-refractivity contribution < 1.29 is 9.21 Å². The minimum Gasteiger partial charge on any atom is -0.459 e. The molecule has 0 aliphatic carbocycles. The van der Waals surface area contributed by atoms with Crippen LogP contribution < -0.4 is 10.6 Å². The van der Waals surface area contributed by atoms with Gasteiger partial charge < -0.3 is 15.1 Å². The fourth-order valence-electron chi connectivity index (χ4n) is 1.98. The SMILES string of the molecule is O=C(Nc1ccc(CNc2ccc(Br)cn2)cc1)c1ccco1. The molecule has 3 aromatic rings. The number of nitrogens with one attached hydrogen (secondary N) is 2. The number of halogens is 1. The van der Waals surface area contributed by atoms with Crippen molar-refractivity contribution >= 4 is 33.3 Å². The topological polar surface area (TPSA) is 67.2 Å². The first-order chi connectivity index (χ1) is 11.2. The van der Waals surface area contributed by atoms with E-state index in [1.807, 2.05) is 36.4 Å². The summed E-state index contributed by atoms with van der Waals surface area (Å²) in [6.07, 6.45) is 3.22. The van der Waals surface area contributed by atoms with Gasteiger partial charge in [-0.2, -0.15) is 0 Å². The van der Waals surface area contributed by atoms with E-state index in [2.05, 4.69) is 31.5 Å². The van der Waals surface area contributed by atoms with Gasteiger partial charge in [0.2, 0.25) is 0 Å². The molecule has 6 heteroatoms. The van der Waals surface area contributed by atoms with Crippen LogP contribution in [0, 0.1) is 0 Å². The molecule has 0 radical (unpaired) electrons. The normalized spacial score (nSPS) is 10.3. The van der Waals surface area contributed by atoms with Gasteiger partial charge in [-0.3, -0.25) is 4.79 Å². The quantitative estimate of drug-likeness (QED) is 0.701. The van der Waals surface area contributed by atoms with Gasteiger partial charge in [-0.15, -0.1) is 0 Å². The molecule has 1 amide bonds. The highest BCUT2D eigenvalue weighted by atomic mass is 79.9. The van der Waals surface area contributed by atoms with E-state index in [-0.39, 0.29) is 11.7 Å². The van der Waals surface area contributed by atoms with Crippen LogP contribution in [0.4, 0.5) is 11.5 Å². The van der Waals surface area contributed by atoms with Crippen LogP contribution in [0.2, 0.25) is 0 Å². The van der Waals surface area contributed by atoms with E-state index < -0.39 is 0 Å². The molecular formula is C17H14BrN3O2. The summed E-state index contributed by atoms with van der Waals surface area (Å²) in [5.41, 5.74) is 1.81. The maximum absolute atomic E-state index is 11.9. The number of hydrogen-bond donors (Lipinski definition) is 2. The first kappa shape index (κ1) is 15.3. The number of nitrogens with zero attached hydrogens (tertiary/aromatic N) is 1. The second-order valence-electron chi connectivity index (χ2n) is 4.84. The average Bonchev–Trinajstić information content (AvgIpc) is 3.10. The fraction of sp³-hybridized carbons (Fsp3) is 0.0588. The van der Waals surface area contributed by atoms with Gasteiger partial charge in [0.05, 0.1) is 6.26 Å². The van der Waals surface area contributed by atoms with Gasteiger partial charge in [0.25, 0.3) is 5.91 Å². The molecule has 0 saturated carbocycles. The highest BCUT2D eigenvalue weighted by molar-refractivity contribution is 9.10. The van der Waals surface area contributed by atoms with Gasteiger partial charge in [-0.25, -0.2) is 4.98 Å². The van der Waals surface area contributed by atoms with E-state index in [9.17, 15) is 4.79 Å². The van der Waals surface area contributed by atoms with Crippen molar-refractivity contribution in [2.45, 2.75) is 6.54 Å². The van der Waals surface area contributed by atoms with Gasteiger partial charge in [-0.1, -0.05) is 12.1 Å². The van der Waals surface area contributed by atoms with Crippen LogP contribution in [0.3, 0.4) is 0 Å². The van der Waals surface area contributed by atoms with Crippen molar-refractivity contribution in [3.05, 3.63) is 76.8 Å². The Bertz CT molecular complexity index is 769. The predicted molar refractivity (Wildman–Crippen MR) is 92.4 cm³/mol. The number of anilines is 2. The third-order valence-corrected chi connectivity index (χ3v) is 3.63. The summed E-state index contributed by atoms with van der Waals surface area (Å²) >= 11 is 3.35. The summed E-state index contributed by atoms with van der Waals surface area (Å²) in [7, 11) is 0. The van der Waals surface area contributed by atoms with Crippen molar-refractivity contribution in [1.82, 2.24) is 4.98 Å². The lowest BCUT2D eigenvalue weighted by Gasteiger charge is -2.07. The fourth-order valence-corrected chi connectivity index (χ4v) is 2.21. The molecule has 23 heavy (non-hydrogen) atoms. The maximum atomic E-state index is 11.9. The summed E-state index contributed by atoms with van der Waals surface area (Å²) in [4.78, 5) is 16.1. The molecule has 116 valence electrons. The number of benzene rings is 1. The molecular weight excluding hydrogens is 358 g/mol. The molecule has 1 aromatic carbocycles. The van der Waals surface area contributed by atoms with E-state index in [4.69, 9.17) is 4.42 Å². The molecule has 0 saturated heterocycles. The summed E-state index contributed by atoms with van der Waals surface area (Å²) in [5.74, 6) is 0.834. The predicted octanol–water partition coefficient (Wildman–Crippen LogP) is 4.30. The average molecular weight is 372 g/mol. The Kier molecular flexibility index (Phi) is 4.73. The zero-order valence-electron chi connectivity index (χ0n) is 12.1. The third-order valence-electron chi connectivity index (χ3n) is 3.16. The summed E-state index contributed by atoms with van der Waals surface area (Å²) < 4.78 is 6.00. The van der Waals surface area contributed by atoms with E-state index >= 15 is 0 Å². The lowest BCUT2D eigenvalue weighted by molar-refractivity contribution is 0.0996. The van der Waals surface area contributed by atoms with Crippen LogP contribution in [-0.4, -0.2) is 10.9 Å². The second-order valence-corrected chi connectivity index (χ2v) is 5.76. The highest BCUT2D eigenvalue weighted by Gasteiger charge is 2.08. The largest absolute Gasteiger partial charge is 0.459 e. The van der Waals surface area contributed by atoms with Crippen LogP contribution in [0.5, 0.6) is 0 Å². The van der Waals surface area contributed by atoms with Crippen molar-refractivity contribution in [2.24, 2.45) is 0 Å². The molecule has 2 aromatic heterocycles. The number of furan rings is 1. The molecule has 0 atom stereocenters.